The van der Waals surface area contributed by atoms with E-state index in [0.29, 0.717) is 0 Å². The van der Waals surface area contributed by atoms with Crippen molar-refractivity contribution in [1.82, 2.24) is 18.9 Å². The Balaban J connectivity index is 2.40. The van der Waals surface area contributed by atoms with Gasteiger partial charge < -0.3 is 15.3 Å². The van der Waals surface area contributed by atoms with E-state index in [1.54, 1.807) is 20.8 Å². The monoisotopic (exact) mass is 511 g/mol. The van der Waals surface area contributed by atoms with Crippen molar-refractivity contribution in [3.05, 3.63) is 55.7 Å². The number of rotatable bonds is 5. The number of carbonyl (C=O) groups is 2. The van der Waals surface area contributed by atoms with Gasteiger partial charge in [-0.25, -0.2) is 14.3 Å². The van der Waals surface area contributed by atoms with Crippen LogP contribution >= 0.6 is 12.2 Å². The number of carboxylic acid groups (broad SMARTS) is 2. The summed E-state index contributed by atoms with van der Waals surface area (Å²) in [6.07, 6.45) is 0. The third kappa shape index (κ3) is 4.51. The van der Waals surface area contributed by atoms with Crippen LogP contribution in [0.4, 0.5) is 11.5 Å². The van der Waals surface area contributed by atoms with E-state index in [9.17, 15) is 35.0 Å². The Morgan fingerprint density at radius 3 is 2.08 bits per heavy atom. The van der Waals surface area contributed by atoms with Gasteiger partial charge in [0.1, 0.15) is 11.6 Å². The third-order valence-corrected chi connectivity index (χ3v) is 5.74. The number of nitrogens with zero attached hydrogens (tertiary/aromatic N) is 7. The Kier molecular flexibility index (Phi) is 6.63. The summed E-state index contributed by atoms with van der Waals surface area (Å²) < 4.78 is 3.32. The molecule has 0 aliphatic carbocycles. The van der Waals surface area contributed by atoms with Crippen molar-refractivity contribution in [2.75, 3.05) is 0 Å². The van der Waals surface area contributed by atoms with E-state index < -0.39 is 34.5 Å². The molecule has 0 aliphatic heterocycles. The molecular formula is C22H21N7O6S. The SMILES string of the molecule is Cn1c(O)c(N=Nc2c(C#N)c(C(C)(C)C)nn2-c2cc(C(=O)O)cc(C(=O)O)c2)c(=O)n(C)c1=S. The summed E-state index contributed by atoms with van der Waals surface area (Å²) >= 11 is 5.08. The third-order valence-electron chi connectivity index (χ3n) is 5.19. The number of hydrogen-bond donors (Lipinski definition) is 3. The number of nitriles is 1. The van der Waals surface area contributed by atoms with Crippen LogP contribution < -0.4 is 5.56 Å². The molecule has 0 unspecified atom stereocenters. The fourth-order valence-corrected chi connectivity index (χ4v) is 3.46. The van der Waals surface area contributed by atoms with Gasteiger partial charge in [0.15, 0.2) is 10.6 Å². The molecule has 2 aromatic heterocycles. The first-order chi connectivity index (χ1) is 16.7. The van der Waals surface area contributed by atoms with Crippen LogP contribution in [0.3, 0.4) is 0 Å². The topological polar surface area (TPSA) is 188 Å². The van der Waals surface area contributed by atoms with Crippen molar-refractivity contribution in [3.63, 3.8) is 0 Å². The van der Waals surface area contributed by atoms with E-state index in [0.717, 1.165) is 32.0 Å². The molecule has 3 N–H and O–H groups in total. The molecule has 1 aromatic carbocycles. The molecule has 36 heavy (non-hydrogen) atoms. The number of hydrogen-bond acceptors (Lipinski definition) is 9. The van der Waals surface area contributed by atoms with Gasteiger partial charge in [-0.3, -0.25) is 13.9 Å². The minimum absolute atomic E-state index is 0.0168. The summed E-state index contributed by atoms with van der Waals surface area (Å²) in [4.78, 5) is 35.9. The zero-order chi connectivity index (χ0) is 27.1. The molecule has 2 heterocycles. The fraction of sp³-hybridized carbons (Fsp3) is 0.273. The minimum Gasteiger partial charge on any atom is -0.493 e. The van der Waals surface area contributed by atoms with Gasteiger partial charge in [-0.2, -0.15) is 10.4 Å². The van der Waals surface area contributed by atoms with E-state index in [1.807, 2.05) is 6.07 Å². The molecule has 0 aliphatic rings. The molecule has 0 saturated heterocycles. The second-order valence-electron chi connectivity index (χ2n) is 8.78. The van der Waals surface area contributed by atoms with Gasteiger partial charge in [0.25, 0.3) is 5.56 Å². The van der Waals surface area contributed by atoms with Crippen molar-refractivity contribution < 1.29 is 24.9 Å². The summed E-state index contributed by atoms with van der Waals surface area (Å²) in [6, 6.07) is 5.30. The average Bonchev–Trinajstić information content (AvgIpc) is 3.20. The Morgan fingerprint density at radius 2 is 1.61 bits per heavy atom. The molecule has 0 bridgehead atoms. The van der Waals surface area contributed by atoms with Gasteiger partial charge in [-0.05, 0) is 30.4 Å². The van der Waals surface area contributed by atoms with Gasteiger partial charge in [0.2, 0.25) is 11.6 Å². The quantitative estimate of drug-likeness (QED) is 0.341. The molecule has 0 atom stereocenters. The average molecular weight is 512 g/mol. The number of aromatic hydroxyl groups is 1. The molecule has 0 spiro atoms. The van der Waals surface area contributed by atoms with Crippen molar-refractivity contribution in [2.24, 2.45) is 24.3 Å². The van der Waals surface area contributed by atoms with E-state index in [1.165, 1.54) is 14.1 Å². The lowest BCUT2D eigenvalue weighted by atomic mass is 9.90. The highest BCUT2D eigenvalue weighted by atomic mass is 32.1. The predicted molar refractivity (Wildman–Crippen MR) is 128 cm³/mol. The van der Waals surface area contributed by atoms with Crippen molar-refractivity contribution in [2.45, 2.75) is 26.2 Å². The Labute approximate surface area is 208 Å². The summed E-state index contributed by atoms with van der Waals surface area (Å²) in [5.41, 5.74) is -2.36. The fourth-order valence-electron chi connectivity index (χ4n) is 3.29. The zero-order valence-corrected chi connectivity index (χ0v) is 20.7. The molecule has 3 rings (SSSR count). The summed E-state index contributed by atoms with van der Waals surface area (Å²) in [7, 11) is 2.81. The number of carboxylic acids is 2. The number of benzene rings is 1. The summed E-state index contributed by atoms with van der Waals surface area (Å²) in [6.45, 7) is 5.34. The van der Waals surface area contributed by atoms with Crippen molar-refractivity contribution in [3.8, 4) is 17.6 Å². The van der Waals surface area contributed by atoms with Crippen LogP contribution in [0, 0.1) is 16.1 Å². The Morgan fingerprint density at radius 1 is 1.06 bits per heavy atom. The van der Waals surface area contributed by atoms with Gasteiger partial charge in [-0.1, -0.05) is 20.8 Å². The van der Waals surface area contributed by atoms with Crippen LogP contribution in [-0.2, 0) is 19.5 Å². The predicted octanol–water partition coefficient (Wildman–Crippen LogP) is 3.33. The minimum atomic E-state index is -1.38. The second-order valence-corrected chi connectivity index (χ2v) is 9.14. The molecular weight excluding hydrogens is 490 g/mol. The molecule has 186 valence electrons. The zero-order valence-electron chi connectivity index (χ0n) is 19.8. The lowest BCUT2D eigenvalue weighted by Gasteiger charge is -2.15. The lowest BCUT2D eigenvalue weighted by molar-refractivity contribution is 0.0696. The number of aromatic nitrogens is 4. The van der Waals surface area contributed by atoms with Crippen LogP contribution in [0.1, 0.15) is 52.7 Å². The van der Waals surface area contributed by atoms with Gasteiger partial charge in [0, 0.05) is 19.5 Å². The van der Waals surface area contributed by atoms with E-state index in [2.05, 4.69) is 15.3 Å². The number of aromatic carboxylic acids is 2. The van der Waals surface area contributed by atoms with Crippen LogP contribution in [0.25, 0.3) is 5.69 Å². The maximum absolute atomic E-state index is 12.6. The van der Waals surface area contributed by atoms with Crippen LogP contribution in [0.5, 0.6) is 5.88 Å². The molecule has 0 amide bonds. The van der Waals surface area contributed by atoms with E-state index in [4.69, 9.17) is 12.2 Å². The molecule has 3 aromatic rings. The van der Waals surface area contributed by atoms with Crippen LogP contribution in [-0.4, -0.2) is 46.2 Å². The maximum Gasteiger partial charge on any atom is 0.335 e. The first kappa shape index (κ1) is 26.0. The maximum atomic E-state index is 12.6. The van der Waals surface area contributed by atoms with Crippen LogP contribution in [0.2, 0.25) is 0 Å². The Hall–Kier alpha value is -4.64. The first-order valence-corrected chi connectivity index (χ1v) is 10.7. The summed E-state index contributed by atoms with van der Waals surface area (Å²) in [5.74, 6) is -3.52. The Bertz CT molecular complexity index is 1580. The number of azo groups is 1. The van der Waals surface area contributed by atoms with Gasteiger partial charge in [0.05, 0.1) is 22.5 Å². The first-order valence-electron chi connectivity index (χ1n) is 10.2. The molecule has 13 nitrogen and oxygen atoms in total. The highest BCUT2D eigenvalue weighted by Gasteiger charge is 2.29. The second kappa shape index (κ2) is 9.19. The standard InChI is InChI=1S/C22H21N7O6S/c1-22(2,3)15-13(9-23)16(25-24-14-17(30)27(4)21(36)28(5)18(14)31)29(26-15)12-7-10(19(32)33)6-11(8-12)20(34)35/h6-8,30H,1-5H3,(H,32,33)(H,34,35). The van der Waals surface area contributed by atoms with E-state index in [-0.39, 0.29) is 38.7 Å². The van der Waals surface area contributed by atoms with Crippen LogP contribution in [0.15, 0.2) is 33.2 Å². The largest absolute Gasteiger partial charge is 0.493 e. The van der Waals surface area contributed by atoms with Crippen molar-refractivity contribution in [1.29, 1.82) is 5.26 Å². The van der Waals surface area contributed by atoms with E-state index >= 15 is 0 Å². The normalized spacial score (nSPS) is 11.6. The lowest BCUT2D eigenvalue weighted by Crippen LogP contribution is -2.20. The van der Waals surface area contributed by atoms with Gasteiger partial charge in [-0.15, -0.1) is 10.2 Å². The summed E-state index contributed by atoms with van der Waals surface area (Å²) in [5, 5.41) is 51.6. The molecule has 14 heteroatoms. The molecule has 0 radical (unpaired) electrons. The highest BCUT2D eigenvalue weighted by Crippen LogP contribution is 2.35. The molecule has 0 fully saturated rings. The van der Waals surface area contributed by atoms with Gasteiger partial charge >= 0.3 is 11.9 Å². The highest BCUT2D eigenvalue weighted by molar-refractivity contribution is 7.71. The smallest absolute Gasteiger partial charge is 0.335 e. The molecule has 0 saturated carbocycles. The van der Waals surface area contributed by atoms with Crippen molar-refractivity contribution >= 4 is 35.7 Å².